The van der Waals surface area contributed by atoms with Crippen molar-refractivity contribution in [3.8, 4) is 11.8 Å². The number of hydrogen-bond acceptors (Lipinski definition) is 6. The number of nitrogens with one attached hydrogen (secondary N) is 2. The van der Waals surface area contributed by atoms with Gasteiger partial charge in [-0.3, -0.25) is 9.59 Å². The van der Waals surface area contributed by atoms with Gasteiger partial charge in [-0.25, -0.2) is 13.4 Å². The van der Waals surface area contributed by atoms with Crippen LogP contribution in [0.2, 0.25) is 0 Å². The highest BCUT2D eigenvalue weighted by Crippen LogP contribution is 2.35. The fraction of sp³-hybridized carbons (Fsp3) is 0.892. The van der Waals surface area contributed by atoms with Crippen LogP contribution in [-0.2, 0) is 19.6 Å². The first kappa shape index (κ1) is 39.8. The van der Waals surface area contributed by atoms with Crippen molar-refractivity contribution in [1.29, 1.82) is 0 Å². The zero-order chi connectivity index (χ0) is 34.2. The molecule has 0 spiro atoms. The standard InChI is InChI=1S/C37H66N4O5S/c1-5-15-31-23-32(26-33(24-31)37(44)40(20-6-2)21-7-3)36(43)38-34(25-29-16-11-9-12-17-29)35(42)27-41(22-8-4)39-47(45,46)28-30-18-13-10-14-19-30/h29-35,39,42H,6-14,16-28H2,1-4H3,(H,38,43). The van der Waals surface area contributed by atoms with Crippen molar-refractivity contribution >= 4 is 21.8 Å². The topological polar surface area (TPSA) is 119 Å². The smallest absolute Gasteiger partial charge is 0.225 e. The minimum absolute atomic E-state index is 0.0242. The van der Waals surface area contributed by atoms with Crippen LogP contribution in [0.4, 0.5) is 0 Å². The van der Waals surface area contributed by atoms with Gasteiger partial charge in [0, 0.05) is 43.9 Å². The largest absolute Gasteiger partial charge is 0.390 e. The third kappa shape index (κ3) is 13.6. The molecule has 0 bridgehead atoms. The summed E-state index contributed by atoms with van der Waals surface area (Å²) in [7, 11) is -3.55. The average molecular weight is 679 g/mol. The van der Waals surface area contributed by atoms with Gasteiger partial charge in [0.2, 0.25) is 21.8 Å². The van der Waals surface area contributed by atoms with E-state index in [9.17, 15) is 23.1 Å². The molecule has 3 rings (SSSR count). The molecule has 0 aromatic rings. The predicted molar refractivity (Wildman–Crippen MR) is 189 cm³/mol. The van der Waals surface area contributed by atoms with Gasteiger partial charge in [0.1, 0.15) is 0 Å². The van der Waals surface area contributed by atoms with E-state index in [4.69, 9.17) is 0 Å². The Kier molecular flexibility index (Phi) is 17.6. The maximum atomic E-state index is 14.0. The second-order valence-electron chi connectivity index (χ2n) is 14.8. The van der Waals surface area contributed by atoms with E-state index in [0.29, 0.717) is 38.1 Å². The van der Waals surface area contributed by atoms with Crippen LogP contribution in [0, 0.1) is 41.4 Å². The summed E-state index contributed by atoms with van der Waals surface area (Å²) in [5.74, 6) is 6.35. The van der Waals surface area contributed by atoms with E-state index in [1.165, 1.54) is 12.8 Å². The second-order valence-corrected chi connectivity index (χ2v) is 16.5. The average Bonchev–Trinajstić information content (AvgIpc) is 3.04. The van der Waals surface area contributed by atoms with Crippen molar-refractivity contribution in [2.75, 3.05) is 31.9 Å². The van der Waals surface area contributed by atoms with Crippen LogP contribution in [0.25, 0.3) is 0 Å². The number of hydrazine groups is 1. The fourth-order valence-electron chi connectivity index (χ4n) is 8.28. The Morgan fingerprint density at radius 1 is 0.830 bits per heavy atom. The normalized spacial score (nSPS) is 24.3. The van der Waals surface area contributed by atoms with Crippen LogP contribution in [0.1, 0.15) is 137 Å². The summed E-state index contributed by atoms with van der Waals surface area (Å²) in [6.07, 6.45) is 14.9. The molecule has 0 aromatic heterocycles. The Bertz CT molecular complexity index is 1100. The molecule has 5 atom stereocenters. The lowest BCUT2D eigenvalue weighted by atomic mass is 9.74. The Morgan fingerprint density at radius 2 is 1.40 bits per heavy atom. The highest BCUT2D eigenvalue weighted by molar-refractivity contribution is 7.89. The molecule has 5 unspecified atom stereocenters. The van der Waals surface area contributed by atoms with Crippen LogP contribution < -0.4 is 10.1 Å². The second kappa shape index (κ2) is 20.8. The van der Waals surface area contributed by atoms with Gasteiger partial charge in [0.15, 0.2) is 0 Å². The number of nitrogens with zero attached hydrogens (tertiary/aromatic N) is 2. The first-order valence-corrected chi connectivity index (χ1v) is 20.7. The number of rotatable bonds is 18. The third-order valence-electron chi connectivity index (χ3n) is 10.5. The zero-order valence-electron chi connectivity index (χ0n) is 30.0. The van der Waals surface area contributed by atoms with Gasteiger partial charge in [-0.1, -0.05) is 72.1 Å². The van der Waals surface area contributed by atoms with Gasteiger partial charge >= 0.3 is 0 Å². The summed E-state index contributed by atoms with van der Waals surface area (Å²) in [4.78, 5) is 32.4. The van der Waals surface area contributed by atoms with E-state index >= 15 is 0 Å². The van der Waals surface area contributed by atoms with Crippen molar-refractivity contribution in [3.63, 3.8) is 0 Å². The maximum absolute atomic E-state index is 14.0. The number of carbonyl (C=O) groups is 2. The van der Waals surface area contributed by atoms with Crippen LogP contribution in [0.3, 0.4) is 0 Å². The van der Waals surface area contributed by atoms with Gasteiger partial charge < -0.3 is 15.3 Å². The number of sulfonamides is 1. The number of carbonyl (C=O) groups excluding carboxylic acids is 2. The molecule has 3 N–H and O–H groups in total. The molecule has 10 heteroatoms. The molecule has 3 aliphatic carbocycles. The van der Waals surface area contributed by atoms with E-state index < -0.39 is 22.2 Å². The Hall–Kier alpha value is -1.67. The zero-order valence-corrected chi connectivity index (χ0v) is 30.8. The molecule has 0 saturated heterocycles. The quantitative estimate of drug-likeness (QED) is 0.128. The molecule has 9 nitrogen and oxygen atoms in total. The number of hydrogen-bond donors (Lipinski definition) is 3. The first-order chi connectivity index (χ1) is 22.6. The minimum Gasteiger partial charge on any atom is -0.390 e. The summed E-state index contributed by atoms with van der Waals surface area (Å²) in [6.45, 7) is 9.99. The molecule has 3 aliphatic rings. The van der Waals surface area contributed by atoms with Crippen LogP contribution in [0.15, 0.2) is 0 Å². The summed E-state index contributed by atoms with van der Waals surface area (Å²) in [5, 5.41) is 16.6. The van der Waals surface area contributed by atoms with E-state index in [1.54, 1.807) is 5.01 Å². The molecule has 0 heterocycles. The van der Waals surface area contributed by atoms with Crippen LogP contribution in [0.5, 0.6) is 0 Å². The summed E-state index contributed by atoms with van der Waals surface area (Å²) >= 11 is 0. The van der Waals surface area contributed by atoms with Crippen molar-refractivity contribution in [2.45, 2.75) is 149 Å². The van der Waals surface area contributed by atoms with Gasteiger partial charge in [0.05, 0.1) is 17.9 Å². The molecule has 0 radical (unpaired) electrons. The van der Waals surface area contributed by atoms with Crippen LogP contribution >= 0.6 is 0 Å². The van der Waals surface area contributed by atoms with E-state index in [0.717, 1.165) is 83.7 Å². The van der Waals surface area contributed by atoms with Gasteiger partial charge in [-0.2, -0.15) is 0 Å². The molecule has 47 heavy (non-hydrogen) atoms. The lowest BCUT2D eigenvalue weighted by Crippen LogP contribution is -2.55. The van der Waals surface area contributed by atoms with E-state index in [2.05, 4.69) is 35.8 Å². The van der Waals surface area contributed by atoms with E-state index in [-0.39, 0.29) is 47.8 Å². The van der Waals surface area contributed by atoms with Crippen molar-refractivity contribution in [2.24, 2.45) is 29.6 Å². The molecule has 3 saturated carbocycles. The SMILES string of the molecule is CC#CC1CC(C(=O)NC(CC2CCCCC2)C(O)CN(CCC)NS(=O)(=O)CC2CCCCC2)CC(C(=O)N(CCC)CCC)C1. The molecular weight excluding hydrogens is 612 g/mol. The lowest BCUT2D eigenvalue weighted by Gasteiger charge is -2.37. The van der Waals surface area contributed by atoms with Crippen molar-refractivity contribution in [1.82, 2.24) is 20.1 Å². The van der Waals surface area contributed by atoms with Gasteiger partial charge in [0.25, 0.3) is 0 Å². The molecule has 2 amide bonds. The van der Waals surface area contributed by atoms with Crippen molar-refractivity contribution in [3.05, 3.63) is 0 Å². The number of aliphatic hydroxyl groups is 1. The highest BCUT2D eigenvalue weighted by atomic mass is 32.2. The minimum atomic E-state index is -3.55. The summed E-state index contributed by atoms with van der Waals surface area (Å²) in [5.41, 5.74) is 0. The van der Waals surface area contributed by atoms with Crippen LogP contribution in [-0.4, -0.2) is 79.3 Å². The Labute approximate surface area is 286 Å². The molecule has 0 aliphatic heterocycles. The van der Waals surface area contributed by atoms with Gasteiger partial charge in [-0.15, -0.1) is 16.7 Å². The molecule has 270 valence electrons. The molecule has 3 fully saturated rings. The number of amides is 2. The summed E-state index contributed by atoms with van der Waals surface area (Å²) in [6, 6.07) is -0.503. The van der Waals surface area contributed by atoms with Gasteiger partial charge in [-0.05, 0) is 76.5 Å². The fourth-order valence-corrected chi connectivity index (χ4v) is 9.86. The first-order valence-electron chi connectivity index (χ1n) is 19.0. The Balaban J connectivity index is 1.74. The molecule has 0 aromatic carbocycles. The predicted octanol–water partition coefficient (Wildman–Crippen LogP) is 5.63. The third-order valence-corrected chi connectivity index (χ3v) is 12.0. The highest BCUT2D eigenvalue weighted by Gasteiger charge is 2.39. The van der Waals surface area contributed by atoms with E-state index in [1.807, 2.05) is 18.7 Å². The monoisotopic (exact) mass is 678 g/mol. The van der Waals surface area contributed by atoms with Crippen molar-refractivity contribution < 1.29 is 23.1 Å². The maximum Gasteiger partial charge on any atom is 0.225 e. The lowest BCUT2D eigenvalue weighted by molar-refractivity contribution is -0.139. The Morgan fingerprint density at radius 3 is 1.98 bits per heavy atom. The molecular formula is C37H66N4O5S. The summed E-state index contributed by atoms with van der Waals surface area (Å²) < 4.78 is 26.4. The number of aliphatic hydroxyl groups excluding tert-OH is 1.